The molecule has 0 spiro atoms. The molecule has 1 amide bonds. The van der Waals surface area contributed by atoms with Crippen LogP contribution in [0.2, 0.25) is 5.02 Å². The van der Waals surface area contributed by atoms with Crippen LogP contribution in [0.1, 0.15) is 22.3 Å². The van der Waals surface area contributed by atoms with Crippen molar-refractivity contribution in [3.63, 3.8) is 0 Å². The number of hydrogen-bond donors (Lipinski definition) is 1. The maximum atomic E-state index is 12.2. The fourth-order valence-corrected chi connectivity index (χ4v) is 3.41. The number of amides is 1. The summed E-state index contributed by atoms with van der Waals surface area (Å²) in [7, 11) is 0. The van der Waals surface area contributed by atoms with Gasteiger partial charge in [-0.1, -0.05) is 54.1 Å². The summed E-state index contributed by atoms with van der Waals surface area (Å²) in [6, 6.07) is 17.8. The molecule has 1 atom stereocenters. The summed E-state index contributed by atoms with van der Waals surface area (Å²) in [5.41, 5.74) is 1.94. The molecule has 1 heterocycles. The van der Waals surface area contributed by atoms with E-state index in [9.17, 15) is 4.79 Å². The molecule has 0 bridgehead atoms. The third kappa shape index (κ3) is 4.59. The molecule has 1 fully saturated rings. The third-order valence-corrected chi connectivity index (χ3v) is 4.93. The highest BCUT2D eigenvalue weighted by molar-refractivity contribution is 6.33. The molecule has 0 unspecified atom stereocenters. The molecule has 0 radical (unpaired) electrons. The van der Waals surface area contributed by atoms with Crippen LogP contribution in [0.5, 0.6) is 0 Å². The molecule has 3 rings (SSSR count). The smallest absolute Gasteiger partial charge is 0.252 e. The second-order valence-corrected chi connectivity index (χ2v) is 6.79. The summed E-state index contributed by atoms with van der Waals surface area (Å²) in [4.78, 5) is 14.7. The number of benzene rings is 2. The van der Waals surface area contributed by atoms with E-state index in [4.69, 9.17) is 11.6 Å². The molecule has 4 heteroatoms. The summed E-state index contributed by atoms with van der Waals surface area (Å²) in [5.74, 6) is 0.440. The predicted octanol–water partition coefficient (Wildman–Crippen LogP) is 3.63. The molecule has 0 aliphatic carbocycles. The van der Waals surface area contributed by atoms with E-state index in [1.807, 2.05) is 12.1 Å². The van der Waals surface area contributed by atoms with Gasteiger partial charge in [-0.25, -0.2) is 0 Å². The van der Waals surface area contributed by atoms with Gasteiger partial charge in [-0.3, -0.25) is 4.79 Å². The molecule has 126 valence electrons. The minimum Gasteiger partial charge on any atom is -0.352 e. The molecular formula is C20H23ClN2O. The highest BCUT2D eigenvalue weighted by Gasteiger charge is 2.22. The zero-order valence-corrected chi connectivity index (χ0v) is 14.5. The number of nitrogens with one attached hydrogen (secondary N) is 1. The van der Waals surface area contributed by atoms with E-state index in [0.29, 0.717) is 23.0 Å². The number of carbonyl (C=O) groups excluding carboxylic acids is 1. The van der Waals surface area contributed by atoms with Gasteiger partial charge in [0.05, 0.1) is 10.6 Å². The van der Waals surface area contributed by atoms with Crippen molar-refractivity contribution in [2.45, 2.75) is 12.8 Å². The molecular weight excluding hydrogens is 320 g/mol. The average molecular weight is 343 g/mol. The van der Waals surface area contributed by atoms with Crippen LogP contribution in [0.4, 0.5) is 0 Å². The van der Waals surface area contributed by atoms with Crippen molar-refractivity contribution in [1.29, 1.82) is 0 Å². The van der Waals surface area contributed by atoms with Gasteiger partial charge < -0.3 is 10.2 Å². The molecule has 0 saturated carbocycles. The lowest BCUT2D eigenvalue weighted by Gasteiger charge is -2.16. The number of hydrogen-bond acceptors (Lipinski definition) is 2. The number of halogens is 1. The summed E-state index contributed by atoms with van der Waals surface area (Å²) >= 11 is 6.07. The van der Waals surface area contributed by atoms with Gasteiger partial charge in [-0.15, -0.1) is 0 Å². The van der Waals surface area contributed by atoms with Gasteiger partial charge in [0.2, 0.25) is 0 Å². The number of carbonyl (C=O) groups is 1. The molecule has 1 N–H and O–H groups in total. The predicted molar refractivity (Wildman–Crippen MR) is 98.5 cm³/mol. The molecule has 1 aliphatic rings. The van der Waals surface area contributed by atoms with E-state index < -0.39 is 0 Å². The summed E-state index contributed by atoms with van der Waals surface area (Å²) in [6.45, 7) is 3.96. The lowest BCUT2D eigenvalue weighted by Crippen LogP contribution is -2.31. The van der Waals surface area contributed by atoms with Crippen LogP contribution in [0.15, 0.2) is 54.6 Å². The van der Waals surface area contributed by atoms with Crippen molar-refractivity contribution >= 4 is 17.5 Å². The lowest BCUT2D eigenvalue weighted by atomic mass is 10.1. The minimum absolute atomic E-state index is 0.0802. The highest BCUT2D eigenvalue weighted by atomic mass is 35.5. The van der Waals surface area contributed by atoms with Gasteiger partial charge in [0.1, 0.15) is 0 Å². The fraction of sp³-hybridized carbons (Fsp3) is 0.350. The standard InChI is InChI=1S/C20H23ClN2O/c21-19-9-5-4-8-18(19)20(24)22-14-17-11-13-23(15-17)12-10-16-6-2-1-3-7-16/h1-9,17H,10-15H2,(H,22,24)/t17-/m0/s1. The largest absolute Gasteiger partial charge is 0.352 e. The van der Waals surface area contributed by atoms with Gasteiger partial charge in [-0.05, 0) is 43.0 Å². The van der Waals surface area contributed by atoms with Crippen molar-refractivity contribution in [3.8, 4) is 0 Å². The van der Waals surface area contributed by atoms with Crippen LogP contribution in [0, 0.1) is 5.92 Å². The first kappa shape index (κ1) is 17.0. The Kier molecular flexibility index (Phi) is 5.89. The second-order valence-electron chi connectivity index (χ2n) is 6.38. The van der Waals surface area contributed by atoms with E-state index in [1.165, 1.54) is 5.56 Å². The zero-order valence-electron chi connectivity index (χ0n) is 13.7. The molecule has 2 aromatic carbocycles. The Balaban J connectivity index is 1.42. The van der Waals surface area contributed by atoms with Crippen LogP contribution in [-0.2, 0) is 6.42 Å². The quantitative estimate of drug-likeness (QED) is 0.869. The first-order valence-electron chi connectivity index (χ1n) is 8.51. The van der Waals surface area contributed by atoms with E-state index in [1.54, 1.807) is 12.1 Å². The Morgan fingerprint density at radius 2 is 1.88 bits per heavy atom. The van der Waals surface area contributed by atoms with Crippen LogP contribution in [0.25, 0.3) is 0 Å². The monoisotopic (exact) mass is 342 g/mol. The maximum absolute atomic E-state index is 12.2. The Bertz CT molecular complexity index is 674. The minimum atomic E-state index is -0.0802. The number of rotatable bonds is 6. The Hall–Kier alpha value is -1.84. The normalized spacial score (nSPS) is 17.8. The first-order chi connectivity index (χ1) is 11.7. The molecule has 24 heavy (non-hydrogen) atoms. The van der Waals surface area contributed by atoms with E-state index in [2.05, 4.69) is 40.5 Å². The maximum Gasteiger partial charge on any atom is 0.252 e. The Morgan fingerprint density at radius 1 is 1.12 bits per heavy atom. The Labute approximate surface area is 148 Å². The SMILES string of the molecule is O=C(NC[C@@H]1CCN(CCc2ccccc2)C1)c1ccccc1Cl. The van der Waals surface area contributed by atoms with E-state index in [-0.39, 0.29) is 5.91 Å². The van der Waals surface area contributed by atoms with Crippen molar-refractivity contribution in [2.24, 2.45) is 5.92 Å². The van der Waals surface area contributed by atoms with Gasteiger partial charge >= 0.3 is 0 Å². The average Bonchev–Trinajstić information content (AvgIpc) is 3.07. The Morgan fingerprint density at radius 3 is 2.67 bits per heavy atom. The van der Waals surface area contributed by atoms with Gasteiger partial charge in [0.15, 0.2) is 0 Å². The van der Waals surface area contributed by atoms with Gasteiger partial charge in [0.25, 0.3) is 5.91 Å². The van der Waals surface area contributed by atoms with Crippen LogP contribution < -0.4 is 5.32 Å². The summed E-state index contributed by atoms with van der Waals surface area (Å²) < 4.78 is 0. The van der Waals surface area contributed by atoms with E-state index >= 15 is 0 Å². The molecule has 2 aromatic rings. The first-order valence-corrected chi connectivity index (χ1v) is 8.89. The molecule has 3 nitrogen and oxygen atoms in total. The zero-order chi connectivity index (χ0) is 16.8. The van der Waals surface area contributed by atoms with Crippen LogP contribution in [-0.4, -0.2) is 37.0 Å². The second kappa shape index (κ2) is 8.32. The topological polar surface area (TPSA) is 32.3 Å². The number of nitrogens with zero attached hydrogens (tertiary/aromatic N) is 1. The molecule has 1 saturated heterocycles. The summed E-state index contributed by atoms with van der Waals surface area (Å²) in [6.07, 6.45) is 2.22. The van der Waals surface area contributed by atoms with Gasteiger partial charge in [-0.2, -0.15) is 0 Å². The van der Waals surface area contributed by atoms with E-state index in [0.717, 1.165) is 32.5 Å². The van der Waals surface area contributed by atoms with Crippen molar-refractivity contribution in [3.05, 3.63) is 70.7 Å². The third-order valence-electron chi connectivity index (χ3n) is 4.60. The van der Waals surface area contributed by atoms with Crippen molar-refractivity contribution < 1.29 is 4.79 Å². The van der Waals surface area contributed by atoms with Crippen molar-refractivity contribution in [2.75, 3.05) is 26.2 Å². The molecule has 0 aromatic heterocycles. The van der Waals surface area contributed by atoms with Gasteiger partial charge in [0, 0.05) is 19.6 Å². The fourth-order valence-electron chi connectivity index (χ4n) is 3.19. The lowest BCUT2D eigenvalue weighted by molar-refractivity contribution is 0.0947. The van der Waals surface area contributed by atoms with Crippen LogP contribution >= 0.6 is 11.6 Å². The van der Waals surface area contributed by atoms with Crippen LogP contribution in [0.3, 0.4) is 0 Å². The highest BCUT2D eigenvalue weighted by Crippen LogP contribution is 2.18. The molecule has 1 aliphatic heterocycles. The number of likely N-dealkylation sites (tertiary alicyclic amines) is 1. The van der Waals surface area contributed by atoms with Crippen molar-refractivity contribution in [1.82, 2.24) is 10.2 Å². The summed E-state index contributed by atoms with van der Waals surface area (Å²) in [5, 5.41) is 3.53.